The number of hydrogen-bond acceptors (Lipinski definition) is 9. The first-order valence-corrected chi connectivity index (χ1v) is 15.5. The van der Waals surface area contributed by atoms with Crippen LogP contribution in [0.15, 0.2) is 33.0 Å². The van der Waals surface area contributed by atoms with Crippen molar-refractivity contribution in [1.29, 1.82) is 0 Å². The van der Waals surface area contributed by atoms with Crippen molar-refractivity contribution in [1.82, 2.24) is 29.3 Å². The molecule has 0 saturated carbocycles. The minimum absolute atomic E-state index is 0.134. The van der Waals surface area contributed by atoms with E-state index in [0.29, 0.717) is 66.1 Å². The molecular weight excluding hydrogens is 626 g/mol. The molecule has 1 aromatic carbocycles. The summed E-state index contributed by atoms with van der Waals surface area (Å²) in [6, 6.07) is 3.05. The van der Waals surface area contributed by atoms with Crippen LogP contribution in [0.4, 0.5) is 10.6 Å². The number of carbonyl (C=O) groups is 2. The zero-order valence-electron chi connectivity index (χ0n) is 24.2. The van der Waals surface area contributed by atoms with Gasteiger partial charge in [-0.15, -0.1) is 0 Å². The molecule has 1 aromatic rings. The maximum Gasteiger partial charge on any atom is 0.407 e. The van der Waals surface area contributed by atoms with Crippen LogP contribution < -0.4 is 15.2 Å². The van der Waals surface area contributed by atoms with E-state index < -0.39 is 12.1 Å². The Morgan fingerprint density at radius 2 is 1.90 bits per heavy atom. The van der Waals surface area contributed by atoms with Gasteiger partial charge < -0.3 is 29.8 Å². The lowest BCUT2D eigenvalue weighted by molar-refractivity contribution is -0.137. The largest absolute Gasteiger partial charge is 0.465 e. The molecule has 4 aliphatic heterocycles. The third-order valence-corrected chi connectivity index (χ3v) is 9.36. The zero-order valence-corrected chi connectivity index (χ0v) is 26.6. The summed E-state index contributed by atoms with van der Waals surface area (Å²) in [5.74, 6) is 2.66. The van der Waals surface area contributed by atoms with Crippen LogP contribution in [-0.2, 0) is 11.3 Å². The molecule has 4 heterocycles. The molecule has 1 saturated heterocycles. The molecule has 1 fully saturated rings. The number of anilines is 1. The number of fused-ring (bicyclic) bond motifs is 2. The summed E-state index contributed by atoms with van der Waals surface area (Å²) in [4.78, 5) is 42.7. The summed E-state index contributed by atoms with van der Waals surface area (Å²) >= 11 is 4.99. The van der Waals surface area contributed by atoms with Gasteiger partial charge in [0.25, 0.3) is 0 Å². The van der Waals surface area contributed by atoms with Crippen LogP contribution in [0.3, 0.4) is 0 Å². The molecule has 0 radical (unpaired) electrons. The van der Waals surface area contributed by atoms with E-state index in [1.807, 2.05) is 37.5 Å². The number of rotatable bonds is 8. The van der Waals surface area contributed by atoms with E-state index in [1.54, 1.807) is 18.2 Å². The molecular formula is C28H36BrN7O5S. The van der Waals surface area contributed by atoms with Gasteiger partial charge in [0, 0.05) is 35.5 Å². The number of aryl methyl sites for hydroxylation is 1. The molecule has 4 aliphatic rings. The Kier molecular flexibility index (Phi) is 8.74. The fourth-order valence-corrected chi connectivity index (χ4v) is 6.61. The topological polar surface area (TPSA) is 149 Å². The molecule has 0 aliphatic carbocycles. The number of likely N-dealkylation sites (tertiary alicyclic amines) is 1. The molecule has 2 amide bonds. The number of hydrogen-bond donors (Lipinski definition) is 2. The van der Waals surface area contributed by atoms with E-state index in [1.165, 1.54) is 16.7 Å². The SMILES string of the molecule is C[C@H](C(=O)N1CCC(CCn2cnc(N)c3nc(Sc4cc5c(cc4Br)OCO5)nc2-3)CC1)N(CC(C)(C)C)C(=O)O. The summed E-state index contributed by atoms with van der Waals surface area (Å²) in [5.41, 5.74) is 6.47. The number of nitrogen functional groups attached to an aromatic ring is 1. The summed E-state index contributed by atoms with van der Waals surface area (Å²) in [5, 5.41) is 10.3. The minimum Gasteiger partial charge on any atom is -0.465 e. The predicted molar refractivity (Wildman–Crippen MR) is 161 cm³/mol. The van der Waals surface area contributed by atoms with Crippen LogP contribution >= 0.6 is 27.7 Å². The Balaban J connectivity index is 1.20. The van der Waals surface area contributed by atoms with Gasteiger partial charge in [-0.05, 0) is 77.3 Å². The Morgan fingerprint density at radius 3 is 2.57 bits per heavy atom. The normalized spacial score (nSPS) is 16.2. The van der Waals surface area contributed by atoms with Gasteiger partial charge >= 0.3 is 6.09 Å². The van der Waals surface area contributed by atoms with Crippen molar-refractivity contribution in [2.45, 2.75) is 69.6 Å². The van der Waals surface area contributed by atoms with Crippen molar-refractivity contribution in [3.05, 3.63) is 22.9 Å². The first-order chi connectivity index (χ1) is 19.9. The van der Waals surface area contributed by atoms with E-state index >= 15 is 0 Å². The number of nitrogens with zero attached hydrogens (tertiary/aromatic N) is 6. The minimum atomic E-state index is -1.07. The van der Waals surface area contributed by atoms with E-state index in [0.717, 1.165) is 28.6 Å². The van der Waals surface area contributed by atoms with Crippen LogP contribution in [0.2, 0.25) is 0 Å². The molecule has 14 heteroatoms. The predicted octanol–water partition coefficient (Wildman–Crippen LogP) is 5.05. The van der Waals surface area contributed by atoms with Crippen LogP contribution in [0.25, 0.3) is 11.5 Å². The van der Waals surface area contributed by atoms with Gasteiger partial charge in [0.2, 0.25) is 12.7 Å². The smallest absolute Gasteiger partial charge is 0.407 e. The van der Waals surface area contributed by atoms with Crippen molar-refractivity contribution in [2.75, 3.05) is 32.2 Å². The zero-order chi connectivity index (χ0) is 30.2. The van der Waals surface area contributed by atoms with Crippen LogP contribution in [-0.4, -0.2) is 78.9 Å². The second kappa shape index (κ2) is 12.2. The maximum absolute atomic E-state index is 13.2. The fraction of sp³-hybridized carbons (Fsp3) is 0.536. The summed E-state index contributed by atoms with van der Waals surface area (Å²) in [7, 11) is 0. The first-order valence-electron chi connectivity index (χ1n) is 13.9. The Morgan fingerprint density at radius 1 is 1.21 bits per heavy atom. The van der Waals surface area contributed by atoms with Gasteiger partial charge in [-0.1, -0.05) is 20.8 Å². The highest BCUT2D eigenvalue weighted by atomic mass is 79.9. The van der Waals surface area contributed by atoms with Gasteiger partial charge in [-0.3, -0.25) is 9.69 Å². The Hall–Kier alpha value is -3.26. The number of halogens is 1. The van der Waals surface area contributed by atoms with Crippen molar-refractivity contribution in [3.8, 4) is 23.0 Å². The van der Waals surface area contributed by atoms with Crippen molar-refractivity contribution < 1.29 is 24.2 Å². The van der Waals surface area contributed by atoms with E-state index in [9.17, 15) is 14.7 Å². The van der Waals surface area contributed by atoms with Crippen LogP contribution in [0.5, 0.6) is 11.5 Å². The highest BCUT2D eigenvalue weighted by Gasteiger charge is 2.33. The van der Waals surface area contributed by atoms with E-state index in [-0.39, 0.29) is 18.1 Å². The number of benzene rings is 1. The van der Waals surface area contributed by atoms with E-state index in [4.69, 9.17) is 20.2 Å². The number of aromatic nitrogens is 4. The summed E-state index contributed by atoms with van der Waals surface area (Å²) in [6.07, 6.45) is 3.22. The van der Waals surface area contributed by atoms with Gasteiger partial charge in [0.05, 0.1) is 6.33 Å². The first kappa shape index (κ1) is 30.2. The quantitative estimate of drug-likeness (QED) is 0.336. The highest BCUT2D eigenvalue weighted by Crippen LogP contribution is 2.43. The lowest BCUT2D eigenvalue weighted by Crippen LogP contribution is -2.52. The maximum atomic E-state index is 13.2. The van der Waals surface area contributed by atoms with Crippen LogP contribution in [0.1, 0.15) is 47.0 Å². The van der Waals surface area contributed by atoms with Gasteiger partial charge in [0.1, 0.15) is 6.04 Å². The van der Waals surface area contributed by atoms with Crippen LogP contribution in [0, 0.1) is 11.3 Å². The summed E-state index contributed by atoms with van der Waals surface area (Å²) < 4.78 is 13.8. The molecule has 226 valence electrons. The molecule has 3 N–H and O–H groups in total. The third kappa shape index (κ3) is 6.69. The fourth-order valence-electron chi connectivity index (χ4n) is 5.26. The number of carbonyl (C=O) groups excluding carboxylic acids is 1. The second-order valence-electron chi connectivity index (χ2n) is 11.9. The molecule has 0 aromatic heterocycles. The lowest BCUT2D eigenvalue weighted by atomic mass is 9.92. The average Bonchev–Trinajstić information content (AvgIpc) is 3.58. The molecule has 1 atom stereocenters. The molecule has 0 unspecified atom stereocenters. The second-order valence-corrected chi connectivity index (χ2v) is 13.8. The van der Waals surface area contributed by atoms with Crippen molar-refractivity contribution >= 4 is 45.5 Å². The standard InChI is InChI=1S/C28H36BrN7O5S/c1-16(36(27(38)39)13-28(2,3)4)25(37)34-8-5-17(6-9-34)7-10-35-14-31-23(30)22-24(35)33-26(32-22)42-21-12-20-19(11-18(21)29)40-15-41-20/h11-12,14,16-17H,5-10,13,15,30H2,1-4H3,(H,38,39)/t16-/m1/s1. The Labute approximate surface area is 257 Å². The highest BCUT2D eigenvalue weighted by molar-refractivity contribution is 9.10. The van der Waals surface area contributed by atoms with Crippen molar-refractivity contribution in [2.24, 2.45) is 11.3 Å². The van der Waals surface area contributed by atoms with Gasteiger partial charge in [-0.2, -0.15) is 0 Å². The molecule has 12 nitrogen and oxygen atoms in total. The van der Waals surface area contributed by atoms with Gasteiger partial charge in [-0.25, -0.2) is 19.7 Å². The molecule has 0 bridgehead atoms. The lowest BCUT2D eigenvalue weighted by Gasteiger charge is -2.37. The number of ether oxygens (including phenoxy) is 2. The number of imidazole rings is 1. The third-order valence-electron chi connectivity index (χ3n) is 7.52. The van der Waals surface area contributed by atoms with Crippen molar-refractivity contribution in [3.63, 3.8) is 0 Å². The number of nitrogens with two attached hydrogens (primary N) is 1. The molecule has 42 heavy (non-hydrogen) atoms. The van der Waals surface area contributed by atoms with Gasteiger partial charge in [0.15, 0.2) is 34.0 Å². The average molecular weight is 663 g/mol. The molecule has 0 spiro atoms. The number of amides is 2. The monoisotopic (exact) mass is 661 g/mol. The number of piperidine rings is 1. The summed E-state index contributed by atoms with van der Waals surface area (Å²) in [6.45, 7) is 9.98. The molecule has 5 rings (SSSR count). The number of carboxylic acid groups (broad SMARTS) is 1. The Bertz CT molecular complexity index is 1440. The van der Waals surface area contributed by atoms with E-state index in [2.05, 4.69) is 25.9 Å².